The quantitative estimate of drug-likeness (QED) is 0.669. The Bertz CT molecular complexity index is 789. The highest BCUT2D eigenvalue weighted by molar-refractivity contribution is 7.89. The second-order valence-electron chi connectivity index (χ2n) is 6.13. The van der Waals surface area contributed by atoms with Gasteiger partial charge >= 0.3 is 0 Å². The first-order valence-electron chi connectivity index (χ1n) is 8.02. The van der Waals surface area contributed by atoms with Crippen molar-refractivity contribution in [2.75, 3.05) is 52.6 Å². The van der Waals surface area contributed by atoms with Gasteiger partial charge in [0.25, 0.3) is 0 Å². The van der Waals surface area contributed by atoms with E-state index in [2.05, 4.69) is 4.90 Å². The smallest absolute Gasteiger partial charge is 0.244 e. The van der Waals surface area contributed by atoms with E-state index >= 15 is 0 Å². The van der Waals surface area contributed by atoms with Gasteiger partial charge in [-0.25, -0.2) is 21.1 Å². The fourth-order valence-corrected chi connectivity index (χ4v) is 5.41. The molecule has 0 N–H and O–H groups in total. The molecule has 0 spiro atoms. The summed E-state index contributed by atoms with van der Waals surface area (Å²) in [5, 5.41) is 0.221. The summed E-state index contributed by atoms with van der Waals surface area (Å²) in [7, 11) is -3.74. The van der Waals surface area contributed by atoms with Gasteiger partial charge in [0.15, 0.2) is 0 Å². The third kappa shape index (κ3) is 5.15. The minimum Gasteiger partial charge on any atom is -0.301 e. The van der Waals surface area contributed by atoms with Crippen molar-refractivity contribution in [2.24, 2.45) is 0 Å². The molecule has 7 nitrogen and oxygen atoms in total. The number of sulfonamides is 2. The highest BCUT2D eigenvalue weighted by Crippen LogP contribution is 2.25. The number of rotatable bonds is 7. The molecule has 0 aliphatic carbocycles. The average molecular weight is 410 g/mol. The maximum absolute atomic E-state index is 12.7. The summed E-state index contributed by atoms with van der Waals surface area (Å²) in [5.74, 6) is 0.0954. The standard InChI is InChI=1S/C15H24ClN3O4S2/c1-17(2)24(20,21)13-5-8-18-9-11-19(12-10-18)25(22,23)15-7-4-3-6-14(15)16/h3-4,6-7H,5,8-13H2,1-2H3. The summed E-state index contributed by atoms with van der Waals surface area (Å²) in [6, 6.07) is 6.42. The number of hydrogen-bond acceptors (Lipinski definition) is 5. The fraction of sp³-hybridized carbons (Fsp3) is 0.600. The lowest BCUT2D eigenvalue weighted by Crippen LogP contribution is -2.49. The summed E-state index contributed by atoms with van der Waals surface area (Å²) >= 11 is 6.02. The molecule has 10 heteroatoms. The molecule has 0 radical (unpaired) electrons. The van der Waals surface area contributed by atoms with Crippen LogP contribution in [0.2, 0.25) is 5.02 Å². The molecule has 1 heterocycles. The van der Waals surface area contributed by atoms with Gasteiger partial charge in [-0.05, 0) is 25.1 Å². The fourth-order valence-electron chi connectivity index (χ4n) is 2.64. The van der Waals surface area contributed by atoms with Crippen molar-refractivity contribution in [2.45, 2.75) is 11.3 Å². The molecule has 1 aliphatic rings. The van der Waals surface area contributed by atoms with Gasteiger partial charge in [0.05, 0.1) is 10.8 Å². The Morgan fingerprint density at radius 1 is 1.04 bits per heavy atom. The molecule has 1 saturated heterocycles. The van der Waals surface area contributed by atoms with E-state index in [1.807, 2.05) is 0 Å². The van der Waals surface area contributed by atoms with Gasteiger partial charge in [-0.15, -0.1) is 0 Å². The lowest BCUT2D eigenvalue weighted by atomic mass is 10.3. The molecule has 0 atom stereocenters. The third-order valence-electron chi connectivity index (χ3n) is 4.22. The van der Waals surface area contributed by atoms with E-state index in [0.717, 1.165) is 0 Å². The molecule has 0 aromatic heterocycles. The highest BCUT2D eigenvalue weighted by Gasteiger charge is 2.29. The maximum Gasteiger partial charge on any atom is 0.244 e. The summed E-state index contributed by atoms with van der Waals surface area (Å²) in [6.07, 6.45) is 0.526. The largest absolute Gasteiger partial charge is 0.301 e. The Morgan fingerprint density at radius 2 is 1.64 bits per heavy atom. The monoisotopic (exact) mass is 409 g/mol. The summed E-state index contributed by atoms with van der Waals surface area (Å²) in [5.41, 5.74) is 0. The lowest BCUT2D eigenvalue weighted by Gasteiger charge is -2.34. The van der Waals surface area contributed by atoms with Gasteiger partial charge in [0, 0.05) is 40.3 Å². The van der Waals surface area contributed by atoms with Crippen LogP contribution in [0, 0.1) is 0 Å². The molecule has 2 rings (SSSR count). The van der Waals surface area contributed by atoms with Crippen molar-refractivity contribution in [1.29, 1.82) is 0 Å². The number of piperazine rings is 1. The molecule has 25 heavy (non-hydrogen) atoms. The topological polar surface area (TPSA) is 78.0 Å². The molecular weight excluding hydrogens is 386 g/mol. The first-order chi connectivity index (χ1) is 11.6. The van der Waals surface area contributed by atoms with Crippen LogP contribution < -0.4 is 0 Å². The van der Waals surface area contributed by atoms with Crippen LogP contribution in [0.5, 0.6) is 0 Å². The van der Waals surface area contributed by atoms with Crippen molar-refractivity contribution in [3.05, 3.63) is 29.3 Å². The Hall–Kier alpha value is -0.710. The predicted octanol–water partition coefficient (Wildman–Crippen LogP) is 0.928. The zero-order valence-corrected chi connectivity index (χ0v) is 16.8. The van der Waals surface area contributed by atoms with Crippen LogP contribution in [-0.2, 0) is 20.0 Å². The average Bonchev–Trinajstić information content (AvgIpc) is 2.55. The Balaban J connectivity index is 1.89. The second kappa shape index (κ2) is 8.32. The van der Waals surface area contributed by atoms with E-state index < -0.39 is 20.0 Å². The van der Waals surface area contributed by atoms with Crippen molar-refractivity contribution in [3.63, 3.8) is 0 Å². The van der Waals surface area contributed by atoms with Gasteiger partial charge < -0.3 is 4.90 Å². The van der Waals surface area contributed by atoms with E-state index in [4.69, 9.17) is 11.6 Å². The molecule has 1 aliphatic heterocycles. The minimum absolute atomic E-state index is 0.0954. The minimum atomic E-state index is -3.60. The van der Waals surface area contributed by atoms with Gasteiger partial charge in [-0.1, -0.05) is 23.7 Å². The second-order valence-corrected chi connectivity index (χ2v) is 10.7. The van der Waals surface area contributed by atoms with Gasteiger partial charge in [0.2, 0.25) is 20.0 Å². The van der Waals surface area contributed by atoms with Crippen molar-refractivity contribution in [1.82, 2.24) is 13.5 Å². The van der Waals surface area contributed by atoms with Crippen LogP contribution in [0.1, 0.15) is 6.42 Å². The molecule has 1 aromatic rings. The van der Waals surface area contributed by atoms with Crippen LogP contribution in [0.3, 0.4) is 0 Å². The lowest BCUT2D eigenvalue weighted by molar-refractivity contribution is 0.189. The van der Waals surface area contributed by atoms with E-state index in [9.17, 15) is 16.8 Å². The van der Waals surface area contributed by atoms with Crippen molar-refractivity contribution in [3.8, 4) is 0 Å². The van der Waals surface area contributed by atoms with E-state index in [1.54, 1.807) is 18.2 Å². The summed E-state index contributed by atoms with van der Waals surface area (Å²) in [6.45, 7) is 2.52. The SMILES string of the molecule is CN(C)S(=O)(=O)CCCN1CCN(S(=O)(=O)c2ccccc2Cl)CC1. The molecule has 1 aromatic carbocycles. The predicted molar refractivity (Wildman–Crippen MR) is 98.7 cm³/mol. The number of hydrogen-bond donors (Lipinski definition) is 0. The molecule has 0 bridgehead atoms. The van der Waals surface area contributed by atoms with Crippen molar-refractivity contribution >= 4 is 31.6 Å². The number of halogens is 1. The first kappa shape index (κ1) is 20.6. The highest BCUT2D eigenvalue weighted by atomic mass is 35.5. The number of benzene rings is 1. The van der Waals surface area contributed by atoms with Gasteiger partial charge in [-0.3, -0.25) is 0 Å². The first-order valence-corrected chi connectivity index (χ1v) is 11.4. The number of nitrogens with zero attached hydrogens (tertiary/aromatic N) is 3. The molecule has 0 unspecified atom stereocenters. The molecule has 0 saturated carbocycles. The molecule has 142 valence electrons. The Labute approximate surface area is 155 Å². The summed E-state index contributed by atoms with van der Waals surface area (Å²) in [4.78, 5) is 2.21. The van der Waals surface area contributed by atoms with Gasteiger partial charge in [-0.2, -0.15) is 4.31 Å². The van der Waals surface area contributed by atoms with E-state index in [1.165, 1.54) is 28.8 Å². The Kier molecular flexibility index (Phi) is 6.86. The van der Waals surface area contributed by atoms with Gasteiger partial charge in [0.1, 0.15) is 4.90 Å². The third-order valence-corrected chi connectivity index (χ3v) is 8.53. The molecule has 1 fully saturated rings. The molecular formula is C15H24ClN3O4S2. The van der Waals surface area contributed by atoms with Crippen molar-refractivity contribution < 1.29 is 16.8 Å². The maximum atomic E-state index is 12.7. The van der Waals surface area contributed by atoms with Crippen LogP contribution in [0.4, 0.5) is 0 Å². The van der Waals surface area contributed by atoms with Crippen LogP contribution in [-0.4, -0.2) is 82.9 Å². The summed E-state index contributed by atoms with van der Waals surface area (Å²) < 4.78 is 51.5. The molecule has 0 amide bonds. The Morgan fingerprint density at radius 3 is 2.20 bits per heavy atom. The zero-order valence-electron chi connectivity index (χ0n) is 14.4. The normalized spacial score (nSPS) is 17.9. The van der Waals surface area contributed by atoms with E-state index in [-0.39, 0.29) is 15.7 Å². The van der Waals surface area contributed by atoms with E-state index in [0.29, 0.717) is 39.1 Å². The van der Waals surface area contributed by atoms with Crippen LogP contribution in [0.15, 0.2) is 29.2 Å². The zero-order chi connectivity index (χ0) is 18.7. The van der Waals surface area contributed by atoms with Crippen LogP contribution >= 0.6 is 11.6 Å². The van der Waals surface area contributed by atoms with Crippen LogP contribution in [0.25, 0.3) is 0 Å².